The molecule has 0 bridgehead atoms. The second-order valence-electron chi connectivity index (χ2n) is 9.34. The van der Waals surface area contributed by atoms with Crippen LogP contribution >= 0.6 is 0 Å². The fourth-order valence-electron chi connectivity index (χ4n) is 4.62. The molecule has 3 aromatic rings. The number of anilines is 2. The summed E-state index contributed by atoms with van der Waals surface area (Å²) in [4.78, 5) is 17.5. The zero-order valence-electron chi connectivity index (χ0n) is 19.3. The van der Waals surface area contributed by atoms with Crippen molar-refractivity contribution >= 4 is 34.3 Å². The Morgan fingerprint density at radius 2 is 2.00 bits per heavy atom. The van der Waals surface area contributed by atoms with E-state index in [-0.39, 0.29) is 5.91 Å². The maximum Gasteiger partial charge on any atom is 0.287 e. The summed E-state index contributed by atoms with van der Waals surface area (Å²) in [7, 11) is 6.11. The number of carbonyl (C=O) groups excluding carboxylic acids is 1. The first-order chi connectivity index (χ1) is 15.3. The number of benzene rings is 2. The van der Waals surface area contributed by atoms with Crippen LogP contribution in [0.5, 0.6) is 5.75 Å². The van der Waals surface area contributed by atoms with Crippen LogP contribution in [0.2, 0.25) is 0 Å². The third-order valence-corrected chi connectivity index (χ3v) is 6.12. The normalized spacial score (nSPS) is 15.5. The Hall–Kier alpha value is -3.25. The number of carbonyl (C=O) groups is 1. The number of ether oxygens (including phenoxy) is 1. The molecule has 0 spiro atoms. The van der Waals surface area contributed by atoms with Gasteiger partial charge in [0.2, 0.25) is 5.76 Å². The molecule has 0 fully saturated rings. The first kappa shape index (κ1) is 20.6. The molecule has 1 aromatic heterocycles. The molecule has 1 amide bonds. The number of hydrogen-bond donors (Lipinski definition) is 1. The quantitative estimate of drug-likeness (QED) is 0.573. The minimum atomic E-state index is -0.402. The molecule has 1 N–H and O–H groups in total. The molecule has 2 aromatic carbocycles. The lowest BCUT2D eigenvalue weighted by Gasteiger charge is -2.34. The standard InChI is InChI=1S/C26H29N3O3/c1-26(2)12-11-17-19(32-26)15-20-22-21(16-9-6-7-10-18(16)29(5)23(17)22)24(31-20)25(30)27-13-8-14-28(3)4/h6-7,9-12,15H,8,13-14H2,1-5H3,(H,27,30). The lowest BCUT2D eigenvalue weighted by atomic mass is 9.90. The van der Waals surface area contributed by atoms with Crippen LogP contribution in [0.4, 0.5) is 11.4 Å². The second kappa shape index (κ2) is 7.41. The molecule has 2 aliphatic rings. The fourth-order valence-corrected chi connectivity index (χ4v) is 4.62. The van der Waals surface area contributed by atoms with Crippen molar-refractivity contribution in [3.63, 3.8) is 0 Å². The first-order valence-electron chi connectivity index (χ1n) is 11.0. The number of para-hydroxylation sites is 1. The lowest BCUT2D eigenvalue weighted by molar-refractivity contribution is 0.0927. The van der Waals surface area contributed by atoms with Gasteiger partial charge in [0.25, 0.3) is 5.91 Å². The molecule has 166 valence electrons. The number of nitrogens with zero attached hydrogens (tertiary/aromatic N) is 2. The predicted octanol–water partition coefficient (Wildman–Crippen LogP) is 5.05. The van der Waals surface area contributed by atoms with E-state index in [4.69, 9.17) is 9.15 Å². The SMILES string of the molecule is CN(C)CCCNC(=O)c1oc2cc3c(c4c2c1-c1ccccc1N4C)C=CC(C)(C)O3. The summed E-state index contributed by atoms with van der Waals surface area (Å²) in [6.07, 6.45) is 5.07. The van der Waals surface area contributed by atoms with Crippen LogP contribution < -0.4 is 15.0 Å². The molecule has 0 saturated carbocycles. The Balaban J connectivity index is 1.67. The average Bonchev–Trinajstić information content (AvgIpc) is 3.12. The van der Waals surface area contributed by atoms with E-state index in [1.54, 1.807) is 0 Å². The highest BCUT2D eigenvalue weighted by atomic mass is 16.5. The van der Waals surface area contributed by atoms with Crippen molar-refractivity contribution in [1.82, 2.24) is 10.2 Å². The molecule has 0 aliphatic carbocycles. The van der Waals surface area contributed by atoms with Gasteiger partial charge in [0, 0.05) is 42.0 Å². The van der Waals surface area contributed by atoms with Gasteiger partial charge in [-0.2, -0.15) is 0 Å². The molecule has 3 heterocycles. The minimum absolute atomic E-state index is 0.185. The monoisotopic (exact) mass is 431 g/mol. The number of nitrogens with one attached hydrogen (secondary N) is 1. The van der Waals surface area contributed by atoms with E-state index in [0.29, 0.717) is 17.9 Å². The molecule has 0 atom stereocenters. The Morgan fingerprint density at radius 3 is 2.78 bits per heavy atom. The highest BCUT2D eigenvalue weighted by Crippen LogP contribution is 2.54. The number of furan rings is 1. The van der Waals surface area contributed by atoms with E-state index in [2.05, 4.69) is 46.4 Å². The van der Waals surface area contributed by atoms with E-state index >= 15 is 0 Å². The van der Waals surface area contributed by atoms with Crippen molar-refractivity contribution in [2.24, 2.45) is 0 Å². The van der Waals surface area contributed by atoms with E-state index in [1.807, 2.05) is 46.1 Å². The molecular weight excluding hydrogens is 402 g/mol. The smallest absolute Gasteiger partial charge is 0.287 e. The molecule has 0 radical (unpaired) electrons. The van der Waals surface area contributed by atoms with Gasteiger partial charge in [-0.3, -0.25) is 4.79 Å². The van der Waals surface area contributed by atoms with Gasteiger partial charge in [0.1, 0.15) is 16.9 Å². The number of amides is 1. The third-order valence-electron chi connectivity index (χ3n) is 6.12. The van der Waals surface area contributed by atoms with Crippen LogP contribution in [0.3, 0.4) is 0 Å². The number of hydrogen-bond acceptors (Lipinski definition) is 5. The summed E-state index contributed by atoms with van der Waals surface area (Å²) in [6.45, 7) is 5.57. The van der Waals surface area contributed by atoms with Gasteiger partial charge in [-0.05, 0) is 59.1 Å². The zero-order chi connectivity index (χ0) is 22.6. The maximum absolute atomic E-state index is 13.2. The molecule has 0 unspecified atom stereocenters. The summed E-state index contributed by atoms with van der Waals surface area (Å²) in [5.74, 6) is 0.941. The Morgan fingerprint density at radius 1 is 1.22 bits per heavy atom. The summed E-state index contributed by atoms with van der Waals surface area (Å²) < 4.78 is 12.5. The Labute approximate surface area is 188 Å². The van der Waals surface area contributed by atoms with Gasteiger partial charge < -0.3 is 24.3 Å². The highest BCUT2D eigenvalue weighted by Gasteiger charge is 2.35. The molecule has 5 rings (SSSR count). The van der Waals surface area contributed by atoms with Crippen LogP contribution in [-0.4, -0.2) is 50.6 Å². The van der Waals surface area contributed by atoms with Crippen molar-refractivity contribution in [3.05, 3.63) is 47.7 Å². The molecular formula is C26H29N3O3. The first-order valence-corrected chi connectivity index (χ1v) is 11.0. The van der Waals surface area contributed by atoms with Crippen LogP contribution in [0.1, 0.15) is 36.4 Å². The van der Waals surface area contributed by atoms with Crippen molar-refractivity contribution in [1.29, 1.82) is 0 Å². The molecule has 2 aliphatic heterocycles. The minimum Gasteiger partial charge on any atom is -0.483 e. The number of rotatable bonds is 5. The van der Waals surface area contributed by atoms with Gasteiger partial charge >= 0.3 is 0 Å². The van der Waals surface area contributed by atoms with E-state index in [1.165, 1.54) is 0 Å². The van der Waals surface area contributed by atoms with Gasteiger partial charge in [0.15, 0.2) is 0 Å². The van der Waals surface area contributed by atoms with Gasteiger partial charge in [-0.1, -0.05) is 18.2 Å². The second-order valence-corrected chi connectivity index (χ2v) is 9.34. The zero-order valence-corrected chi connectivity index (χ0v) is 19.3. The van der Waals surface area contributed by atoms with E-state index in [9.17, 15) is 4.79 Å². The van der Waals surface area contributed by atoms with Crippen LogP contribution in [-0.2, 0) is 0 Å². The van der Waals surface area contributed by atoms with Crippen LogP contribution in [0.15, 0.2) is 40.8 Å². The Bertz CT molecular complexity index is 1250. The summed E-state index contributed by atoms with van der Waals surface area (Å²) in [5.41, 5.74) is 5.17. The van der Waals surface area contributed by atoms with Crippen molar-refractivity contribution in [2.45, 2.75) is 25.9 Å². The van der Waals surface area contributed by atoms with Crippen LogP contribution in [0, 0.1) is 0 Å². The fraction of sp³-hybridized carbons (Fsp3) is 0.346. The van der Waals surface area contributed by atoms with Crippen molar-refractivity contribution in [3.8, 4) is 16.9 Å². The highest BCUT2D eigenvalue weighted by molar-refractivity contribution is 6.19. The molecule has 32 heavy (non-hydrogen) atoms. The summed E-state index contributed by atoms with van der Waals surface area (Å²) >= 11 is 0. The largest absolute Gasteiger partial charge is 0.483 e. The lowest BCUT2D eigenvalue weighted by Crippen LogP contribution is -2.28. The molecule has 0 saturated heterocycles. The van der Waals surface area contributed by atoms with Gasteiger partial charge in [-0.15, -0.1) is 0 Å². The number of fused-ring (bicyclic) bond motifs is 4. The average molecular weight is 432 g/mol. The predicted molar refractivity (Wildman–Crippen MR) is 129 cm³/mol. The summed E-state index contributed by atoms with van der Waals surface area (Å²) in [6, 6.07) is 10.1. The van der Waals surface area contributed by atoms with Crippen LogP contribution in [0.25, 0.3) is 28.2 Å². The van der Waals surface area contributed by atoms with Crippen molar-refractivity contribution in [2.75, 3.05) is 39.1 Å². The maximum atomic E-state index is 13.2. The topological polar surface area (TPSA) is 58.0 Å². The van der Waals surface area contributed by atoms with E-state index in [0.717, 1.165) is 52.2 Å². The van der Waals surface area contributed by atoms with E-state index < -0.39 is 5.60 Å². The Kier molecular flexibility index (Phi) is 4.78. The van der Waals surface area contributed by atoms with Crippen molar-refractivity contribution < 1.29 is 13.9 Å². The molecule has 6 nitrogen and oxygen atoms in total. The van der Waals surface area contributed by atoms with Gasteiger partial charge in [-0.25, -0.2) is 0 Å². The summed E-state index contributed by atoms with van der Waals surface area (Å²) in [5, 5.41) is 3.99. The molecule has 6 heteroatoms. The van der Waals surface area contributed by atoms with Gasteiger partial charge in [0.05, 0.1) is 11.1 Å². The third kappa shape index (κ3) is 3.26.